The van der Waals surface area contributed by atoms with Crippen molar-refractivity contribution in [2.75, 3.05) is 13.1 Å². The molecule has 1 heterocycles. The van der Waals surface area contributed by atoms with Crippen LogP contribution in [-0.2, 0) is 4.79 Å². The highest BCUT2D eigenvalue weighted by molar-refractivity contribution is 9.09. The van der Waals surface area contributed by atoms with Gasteiger partial charge in [0.15, 0.2) is 0 Å². The Morgan fingerprint density at radius 1 is 1.10 bits per heavy atom. The zero-order valence-electron chi connectivity index (χ0n) is 12.3. The van der Waals surface area contributed by atoms with Gasteiger partial charge >= 0.3 is 6.18 Å². The van der Waals surface area contributed by atoms with Gasteiger partial charge in [0, 0.05) is 23.8 Å². The maximum absolute atomic E-state index is 12.6. The Balaban J connectivity index is 1.80. The first-order valence-electron chi connectivity index (χ1n) is 7.78. The van der Waals surface area contributed by atoms with Gasteiger partial charge in [-0.1, -0.05) is 22.9 Å². The lowest BCUT2D eigenvalue weighted by molar-refractivity contribution is -0.185. The number of hydrogen-bond donors (Lipinski definition) is 0. The van der Waals surface area contributed by atoms with E-state index in [1.165, 1.54) is 0 Å². The minimum atomic E-state index is -4.10. The monoisotopic (exact) mass is 369 g/mol. The minimum absolute atomic E-state index is 0.0799. The molecule has 2 rings (SSSR count). The van der Waals surface area contributed by atoms with E-state index in [-0.39, 0.29) is 24.7 Å². The molecular weight excluding hydrogens is 347 g/mol. The van der Waals surface area contributed by atoms with Crippen LogP contribution < -0.4 is 0 Å². The molecule has 1 aliphatic carbocycles. The summed E-state index contributed by atoms with van der Waals surface area (Å²) in [5.41, 5.74) is 0. The van der Waals surface area contributed by atoms with E-state index in [0.717, 1.165) is 25.9 Å². The van der Waals surface area contributed by atoms with E-state index in [1.807, 2.05) is 4.90 Å². The highest BCUT2D eigenvalue weighted by Gasteiger charge is 2.43. The highest BCUT2D eigenvalue weighted by Crippen LogP contribution is 2.40. The molecule has 2 aliphatic rings. The first-order chi connectivity index (χ1) is 9.79. The molecule has 0 aromatic carbocycles. The maximum atomic E-state index is 12.6. The lowest BCUT2D eigenvalue weighted by Crippen LogP contribution is -2.44. The number of carbonyl (C=O) groups excluding carboxylic acids is 1. The molecule has 21 heavy (non-hydrogen) atoms. The number of rotatable bonds is 2. The number of piperidine rings is 1. The number of carbonyl (C=O) groups is 1. The van der Waals surface area contributed by atoms with Crippen LogP contribution in [0, 0.1) is 17.8 Å². The fourth-order valence-electron chi connectivity index (χ4n) is 3.51. The Bertz CT molecular complexity index is 356. The molecule has 1 aliphatic heterocycles. The molecule has 2 fully saturated rings. The molecule has 2 nitrogen and oxygen atoms in total. The fraction of sp³-hybridized carbons (Fsp3) is 0.933. The zero-order valence-corrected chi connectivity index (χ0v) is 13.9. The Labute approximate surface area is 132 Å². The van der Waals surface area contributed by atoms with Crippen LogP contribution in [0.5, 0.6) is 0 Å². The topological polar surface area (TPSA) is 20.3 Å². The standard InChI is InChI=1S/C15H23BrF3NO/c1-10(16)11-6-8-20(9-7-11)14(21)12-2-4-13(5-3-12)15(17,18)19/h10-13H,2-9H2,1H3. The predicted molar refractivity (Wildman–Crippen MR) is 79.2 cm³/mol. The number of alkyl halides is 4. The Morgan fingerprint density at radius 2 is 1.62 bits per heavy atom. The fourth-order valence-corrected chi connectivity index (χ4v) is 4.03. The van der Waals surface area contributed by atoms with Crippen molar-refractivity contribution in [3.8, 4) is 0 Å². The molecule has 1 saturated carbocycles. The molecule has 6 heteroatoms. The third-order valence-electron chi connectivity index (χ3n) is 5.04. The summed E-state index contributed by atoms with van der Waals surface area (Å²) in [5.74, 6) is -0.727. The normalized spacial score (nSPS) is 30.2. The summed E-state index contributed by atoms with van der Waals surface area (Å²) < 4.78 is 37.9. The van der Waals surface area contributed by atoms with E-state index in [9.17, 15) is 18.0 Å². The average molecular weight is 370 g/mol. The molecule has 0 radical (unpaired) electrons. The first-order valence-corrected chi connectivity index (χ1v) is 8.70. The minimum Gasteiger partial charge on any atom is -0.342 e. The predicted octanol–water partition coefficient (Wildman–Crippen LogP) is 4.38. The molecule has 0 aromatic heterocycles. The number of amides is 1. The SMILES string of the molecule is CC(Br)C1CCN(C(=O)C2CCC(C(F)(F)F)CC2)CC1. The third kappa shape index (κ3) is 4.36. The van der Waals surface area contributed by atoms with E-state index in [1.54, 1.807) is 0 Å². The lowest BCUT2D eigenvalue weighted by atomic mass is 9.80. The summed E-state index contributed by atoms with van der Waals surface area (Å²) in [6, 6.07) is 0. The van der Waals surface area contributed by atoms with Crippen LogP contribution in [0.3, 0.4) is 0 Å². The Kier molecular flexibility index (Phi) is 5.60. The number of hydrogen-bond acceptors (Lipinski definition) is 1. The van der Waals surface area contributed by atoms with Crippen LogP contribution in [0.4, 0.5) is 13.2 Å². The van der Waals surface area contributed by atoms with Gasteiger partial charge in [0.1, 0.15) is 0 Å². The van der Waals surface area contributed by atoms with Gasteiger partial charge in [-0.05, 0) is 44.4 Å². The second kappa shape index (κ2) is 6.88. The smallest absolute Gasteiger partial charge is 0.342 e. The average Bonchev–Trinajstić information content (AvgIpc) is 2.46. The number of nitrogens with zero attached hydrogens (tertiary/aromatic N) is 1. The van der Waals surface area contributed by atoms with Crippen LogP contribution >= 0.6 is 15.9 Å². The Morgan fingerprint density at radius 3 is 2.05 bits per heavy atom. The van der Waals surface area contributed by atoms with Crippen molar-refractivity contribution in [3.63, 3.8) is 0 Å². The van der Waals surface area contributed by atoms with Crippen LogP contribution in [0.25, 0.3) is 0 Å². The van der Waals surface area contributed by atoms with Crippen molar-refractivity contribution in [1.29, 1.82) is 0 Å². The summed E-state index contributed by atoms with van der Waals surface area (Å²) in [7, 11) is 0. The van der Waals surface area contributed by atoms with E-state index in [4.69, 9.17) is 0 Å². The largest absolute Gasteiger partial charge is 0.391 e. The van der Waals surface area contributed by atoms with Gasteiger partial charge in [-0.15, -0.1) is 0 Å². The summed E-state index contributed by atoms with van der Waals surface area (Å²) >= 11 is 3.58. The van der Waals surface area contributed by atoms with Crippen molar-refractivity contribution in [2.24, 2.45) is 17.8 Å². The quantitative estimate of drug-likeness (QED) is 0.661. The van der Waals surface area contributed by atoms with Crippen LogP contribution in [0.2, 0.25) is 0 Å². The molecule has 1 saturated heterocycles. The molecule has 1 unspecified atom stereocenters. The highest BCUT2D eigenvalue weighted by atomic mass is 79.9. The summed E-state index contributed by atoms with van der Waals surface area (Å²) in [4.78, 5) is 14.7. The summed E-state index contributed by atoms with van der Waals surface area (Å²) in [6.45, 7) is 3.62. The maximum Gasteiger partial charge on any atom is 0.391 e. The van der Waals surface area contributed by atoms with Crippen LogP contribution in [0.15, 0.2) is 0 Å². The summed E-state index contributed by atoms with van der Waals surface area (Å²) in [5, 5.41) is 0. The van der Waals surface area contributed by atoms with Gasteiger partial charge in [-0.2, -0.15) is 13.2 Å². The molecule has 1 atom stereocenters. The van der Waals surface area contributed by atoms with Gasteiger partial charge < -0.3 is 4.90 Å². The van der Waals surface area contributed by atoms with Crippen LogP contribution in [0.1, 0.15) is 45.4 Å². The van der Waals surface area contributed by atoms with Crippen molar-refractivity contribution < 1.29 is 18.0 Å². The van der Waals surface area contributed by atoms with Crippen molar-refractivity contribution in [3.05, 3.63) is 0 Å². The molecule has 0 spiro atoms. The molecule has 1 amide bonds. The molecule has 0 N–H and O–H groups in total. The van der Waals surface area contributed by atoms with Gasteiger partial charge in [0.25, 0.3) is 0 Å². The van der Waals surface area contributed by atoms with Crippen LogP contribution in [-0.4, -0.2) is 34.9 Å². The summed E-state index contributed by atoms with van der Waals surface area (Å²) in [6.07, 6.45) is -1.15. The van der Waals surface area contributed by atoms with E-state index in [2.05, 4.69) is 22.9 Å². The second-order valence-corrected chi connectivity index (χ2v) is 7.87. The zero-order chi connectivity index (χ0) is 15.6. The molecular formula is C15H23BrF3NO. The first kappa shape index (κ1) is 17.1. The van der Waals surface area contributed by atoms with E-state index in [0.29, 0.717) is 23.6 Å². The van der Waals surface area contributed by atoms with E-state index < -0.39 is 12.1 Å². The number of halogens is 4. The van der Waals surface area contributed by atoms with Gasteiger partial charge in [0.05, 0.1) is 5.92 Å². The number of likely N-dealkylation sites (tertiary alicyclic amines) is 1. The van der Waals surface area contributed by atoms with Gasteiger partial charge in [-0.3, -0.25) is 4.79 Å². The van der Waals surface area contributed by atoms with Crippen molar-refractivity contribution >= 4 is 21.8 Å². The third-order valence-corrected chi connectivity index (χ3v) is 5.79. The molecule has 0 aromatic rings. The van der Waals surface area contributed by atoms with Crippen molar-refractivity contribution in [2.45, 2.75) is 56.5 Å². The Hall–Kier alpha value is -0.260. The molecule has 0 bridgehead atoms. The second-order valence-electron chi connectivity index (χ2n) is 6.43. The van der Waals surface area contributed by atoms with Crippen molar-refractivity contribution in [1.82, 2.24) is 4.90 Å². The molecule has 122 valence electrons. The lowest BCUT2D eigenvalue weighted by Gasteiger charge is -2.37. The van der Waals surface area contributed by atoms with E-state index >= 15 is 0 Å². The van der Waals surface area contributed by atoms with Gasteiger partial charge in [-0.25, -0.2) is 0 Å². The van der Waals surface area contributed by atoms with Gasteiger partial charge in [0.2, 0.25) is 5.91 Å².